The van der Waals surface area contributed by atoms with E-state index in [0.29, 0.717) is 6.54 Å². The fourth-order valence-corrected chi connectivity index (χ4v) is 1.97. The summed E-state index contributed by atoms with van der Waals surface area (Å²) in [5.74, 6) is -0.962. The topological polar surface area (TPSA) is 64.4 Å². The van der Waals surface area contributed by atoms with Crippen molar-refractivity contribution in [3.63, 3.8) is 0 Å². The molecular formula is C11H18N2O3. The van der Waals surface area contributed by atoms with Crippen LogP contribution >= 0.6 is 0 Å². The number of nitrogens with zero attached hydrogens (tertiary/aromatic N) is 2. The normalized spacial score (nSPS) is 13.8. The number of aliphatic carboxylic acids is 1. The molecule has 0 aliphatic heterocycles. The minimum absolute atomic E-state index is 0.618. The molecule has 1 aromatic rings. The third-order valence-electron chi connectivity index (χ3n) is 2.79. The van der Waals surface area contributed by atoms with Crippen LogP contribution in [0.15, 0.2) is 12.3 Å². The average molecular weight is 226 g/mol. The van der Waals surface area contributed by atoms with Crippen LogP contribution in [0.2, 0.25) is 0 Å². The number of aromatic nitrogens is 2. The maximum atomic E-state index is 11.1. The van der Waals surface area contributed by atoms with E-state index in [1.165, 1.54) is 7.11 Å². The van der Waals surface area contributed by atoms with E-state index >= 15 is 0 Å². The van der Waals surface area contributed by atoms with Crippen molar-refractivity contribution in [1.29, 1.82) is 0 Å². The van der Waals surface area contributed by atoms with Gasteiger partial charge in [-0.15, -0.1) is 0 Å². The van der Waals surface area contributed by atoms with E-state index in [1.807, 2.05) is 26.8 Å². The van der Waals surface area contributed by atoms with Crippen molar-refractivity contribution in [2.24, 2.45) is 0 Å². The van der Waals surface area contributed by atoms with Crippen molar-refractivity contribution in [2.75, 3.05) is 7.11 Å². The molecule has 1 aromatic heterocycles. The lowest BCUT2D eigenvalue weighted by Gasteiger charge is -2.30. The predicted molar refractivity (Wildman–Crippen MR) is 59.4 cm³/mol. The molecule has 0 fully saturated rings. The Labute approximate surface area is 95.0 Å². The van der Waals surface area contributed by atoms with Gasteiger partial charge in [-0.25, -0.2) is 4.79 Å². The van der Waals surface area contributed by atoms with Crippen LogP contribution in [0.4, 0.5) is 0 Å². The Morgan fingerprint density at radius 3 is 2.75 bits per heavy atom. The van der Waals surface area contributed by atoms with Gasteiger partial charge in [-0.1, -0.05) is 13.8 Å². The molecule has 0 spiro atoms. The minimum atomic E-state index is -0.962. The lowest BCUT2D eigenvalue weighted by atomic mass is 9.82. The van der Waals surface area contributed by atoms with Gasteiger partial charge in [-0.05, 0) is 13.0 Å². The van der Waals surface area contributed by atoms with Crippen LogP contribution in [0.3, 0.4) is 0 Å². The third-order valence-corrected chi connectivity index (χ3v) is 2.79. The number of methoxy groups -OCH3 is 1. The van der Waals surface area contributed by atoms with E-state index in [1.54, 1.807) is 10.9 Å². The Morgan fingerprint density at radius 1 is 1.69 bits per heavy atom. The molecule has 0 aliphatic carbocycles. The summed E-state index contributed by atoms with van der Waals surface area (Å²) in [6.45, 7) is 6.37. The van der Waals surface area contributed by atoms with Crippen LogP contribution in [0.5, 0.6) is 0 Å². The van der Waals surface area contributed by atoms with E-state index in [-0.39, 0.29) is 0 Å². The highest BCUT2D eigenvalue weighted by Gasteiger charge is 2.39. The van der Waals surface area contributed by atoms with Gasteiger partial charge in [0.05, 0.1) is 0 Å². The Hall–Kier alpha value is -1.36. The van der Waals surface area contributed by atoms with Gasteiger partial charge in [0, 0.05) is 31.0 Å². The standard InChI is InChI=1S/C11H18N2O3/c1-5-13-8(6-7-12-13)11(2,3)9(16-4)10(14)15/h6-7,9H,5H2,1-4H3,(H,14,15). The predicted octanol–water partition coefficient (Wildman–Crippen LogP) is 1.28. The van der Waals surface area contributed by atoms with Crippen molar-refractivity contribution in [3.05, 3.63) is 18.0 Å². The molecule has 16 heavy (non-hydrogen) atoms. The van der Waals surface area contributed by atoms with Crippen molar-refractivity contribution < 1.29 is 14.6 Å². The SMILES string of the molecule is CCn1nccc1C(C)(C)C(OC)C(=O)O. The van der Waals surface area contributed by atoms with Gasteiger partial charge >= 0.3 is 5.97 Å². The molecule has 0 aliphatic rings. The minimum Gasteiger partial charge on any atom is -0.479 e. The Balaban J connectivity index is 3.13. The summed E-state index contributed by atoms with van der Waals surface area (Å²) in [6, 6.07) is 1.83. The molecule has 1 unspecified atom stereocenters. The molecule has 5 heteroatoms. The van der Waals surface area contributed by atoms with Crippen LogP contribution in [-0.4, -0.2) is 34.1 Å². The van der Waals surface area contributed by atoms with Crippen LogP contribution < -0.4 is 0 Å². The lowest BCUT2D eigenvalue weighted by Crippen LogP contribution is -2.42. The first kappa shape index (κ1) is 12.7. The zero-order valence-corrected chi connectivity index (χ0v) is 10.1. The number of hydrogen-bond acceptors (Lipinski definition) is 3. The molecular weight excluding hydrogens is 208 g/mol. The molecule has 0 saturated carbocycles. The zero-order valence-electron chi connectivity index (χ0n) is 10.1. The Morgan fingerprint density at radius 2 is 2.31 bits per heavy atom. The number of hydrogen-bond donors (Lipinski definition) is 1. The molecule has 0 aromatic carbocycles. The summed E-state index contributed by atoms with van der Waals surface area (Å²) in [4.78, 5) is 11.1. The number of carboxylic acids is 1. The van der Waals surface area contributed by atoms with Crippen molar-refractivity contribution >= 4 is 5.97 Å². The van der Waals surface area contributed by atoms with Gasteiger partial charge in [0.2, 0.25) is 0 Å². The first-order valence-electron chi connectivity index (χ1n) is 5.23. The monoisotopic (exact) mass is 226 g/mol. The Bertz CT molecular complexity index is 371. The second kappa shape index (κ2) is 4.65. The largest absolute Gasteiger partial charge is 0.479 e. The van der Waals surface area contributed by atoms with Crippen molar-refractivity contribution in [2.45, 2.75) is 38.8 Å². The van der Waals surface area contributed by atoms with Crippen LogP contribution in [0.1, 0.15) is 26.5 Å². The number of carbonyl (C=O) groups is 1. The maximum absolute atomic E-state index is 11.1. The molecule has 1 heterocycles. The van der Waals surface area contributed by atoms with E-state index in [2.05, 4.69) is 5.10 Å². The molecule has 90 valence electrons. The molecule has 0 radical (unpaired) electrons. The van der Waals surface area contributed by atoms with Gasteiger partial charge in [0.15, 0.2) is 6.10 Å². The van der Waals surface area contributed by atoms with Gasteiger partial charge in [-0.3, -0.25) is 4.68 Å². The summed E-state index contributed by atoms with van der Waals surface area (Å²) >= 11 is 0. The summed E-state index contributed by atoms with van der Waals surface area (Å²) < 4.78 is 6.85. The number of carboxylic acid groups (broad SMARTS) is 1. The summed E-state index contributed by atoms with van der Waals surface area (Å²) in [5, 5.41) is 13.3. The first-order valence-corrected chi connectivity index (χ1v) is 5.23. The van der Waals surface area contributed by atoms with Gasteiger partial charge < -0.3 is 9.84 Å². The highest BCUT2D eigenvalue weighted by Crippen LogP contribution is 2.28. The van der Waals surface area contributed by atoms with Crippen LogP contribution in [0, 0.1) is 0 Å². The maximum Gasteiger partial charge on any atom is 0.333 e. The van der Waals surface area contributed by atoms with E-state index < -0.39 is 17.5 Å². The van der Waals surface area contributed by atoms with E-state index in [0.717, 1.165) is 5.69 Å². The Kier molecular flexibility index (Phi) is 3.70. The highest BCUT2D eigenvalue weighted by atomic mass is 16.5. The summed E-state index contributed by atoms with van der Waals surface area (Å²) in [6.07, 6.45) is 0.796. The molecule has 0 bridgehead atoms. The van der Waals surface area contributed by atoms with Gasteiger partial charge in [0.1, 0.15) is 0 Å². The first-order chi connectivity index (χ1) is 7.45. The molecule has 0 amide bonds. The zero-order chi connectivity index (χ0) is 12.3. The van der Waals surface area contributed by atoms with Crippen molar-refractivity contribution in [1.82, 2.24) is 9.78 Å². The van der Waals surface area contributed by atoms with Crippen molar-refractivity contribution in [3.8, 4) is 0 Å². The molecule has 1 N–H and O–H groups in total. The van der Waals surface area contributed by atoms with E-state index in [9.17, 15) is 4.79 Å². The number of ether oxygens (including phenoxy) is 1. The summed E-state index contributed by atoms with van der Waals surface area (Å²) in [5.41, 5.74) is 0.247. The fourth-order valence-electron chi connectivity index (χ4n) is 1.97. The lowest BCUT2D eigenvalue weighted by molar-refractivity contribution is -0.152. The summed E-state index contributed by atoms with van der Waals surface area (Å²) in [7, 11) is 1.41. The highest BCUT2D eigenvalue weighted by molar-refractivity contribution is 5.74. The smallest absolute Gasteiger partial charge is 0.333 e. The van der Waals surface area contributed by atoms with E-state index in [4.69, 9.17) is 9.84 Å². The average Bonchev–Trinajstić information content (AvgIpc) is 2.65. The van der Waals surface area contributed by atoms with Gasteiger partial charge in [0.25, 0.3) is 0 Å². The van der Waals surface area contributed by atoms with Crippen LogP contribution in [0.25, 0.3) is 0 Å². The molecule has 1 atom stereocenters. The van der Waals surface area contributed by atoms with Gasteiger partial charge in [-0.2, -0.15) is 5.10 Å². The molecule has 0 saturated heterocycles. The number of aryl methyl sites for hydroxylation is 1. The second-order valence-corrected chi connectivity index (χ2v) is 4.21. The van der Waals surface area contributed by atoms with Crippen LogP contribution in [-0.2, 0) is 21.5 Å². The second-order valence-electron chi connectivity index (χ2n) is 4.21. The molecule has 5 nitrogen and oxygen atoms in total. The third kappa shape index (κ3) is 2.09. The quantitative estimate of drug-likeness (QED) is 0.821. The number of rotatable bonds is 5. The fraction of sp³-hybridized carbons (Fsp3) is 0.636. The molecule has 1 rings (SSSR count).